The van der Waals surface area contributed by atoms with Gasteiger partial charge in [0.25, 0.3) is 0 Å². The number of nitrogens with zero attached hydrogens (tertiary/aromatic N) is 4. The standard InChI is InChI=1S/C21H32N6O2.HI/c1-5-22-21(23-12-16(3)29-18-9-6-15(2)7-10-18)24-17-8-11-20-25-19(14-28-4)26-27(20)13-17;/h6-7,9-10,16-17H,5,8,11-14H2,1-4H3,(H2,22,23,24);1H. The molecular formula is C21H33IN6O2. The number of hydrogen-bond donors (Lipinski definition) is 2. The fourth-order valence-electron chi connectivity index (χ4n) is 3.29. The Bertz CT molecular complexity index is 808. The third-order valence-corrected chi connectivity index (χ3v) is 4.73. The molecule has 0 saturated heterocycles. The van der Waals surface area contributed by atoms with Crippen LogP contribution in [0.5, 0.6) is 5.75 Å². The second-order valence-corrected chi connectivity index (χ2v) is 7.40. The maximum absolute atomic E-state index is 5.96. The van der Waals surface area contributed by atoms with Gasteiger partial charge in [-0.05, 0) is 39.3 Å². The summed E-state index contributed by atoms with van der Waals surface area (Å²) in [6, 6.07) is 8.35. The Morgan fingerprint density at radius 3 is 2.80 bits per heavy atom. The van der Waals surface area contributed by atoms with Crippen molar-refractivity contribution >= 4 is 29.9 Å². The van der Waals surface area contributed by atoms with Gasteiger partial charge in [0.1, 0.15) is 24.3 Å². The van der Waals surface area contributed by atoms with Gasteiger partial charge in [-0.1, -0.05) is 17.7 Å². The number of methoxy groups -OCH3 is 1. The Labute approximate surface area is 195 Å². The molecule has 0 bridgehead atoms. The number of guanidine groups is 1. The van der Waals surface area contributed by atoms with Crippen molar-refractivity contribution in [1.82, 2.24) is 25.4 Å². The molecule has 2 aromatic rings. The lowest BCUT2D eigenvalue weighted by Crippen LogP contribution is -2.47. The molecule has 2 atom stereocenters. The maximum atomic E-state index is 5.96. The van der Waals surface area contributed by atoms with Crippen LogP contribution < -0.4 is 15.4 Å². The van der Waals surface area contributed by atoms with E-state index in [1.165, 1.54) is 5.56 Å². The Hall–Kier alpha value is -1.88. The van der Waals surface area contributed by atoms with Gasteiger partial charge in [-0.2, -0.15) is 5.10 Å². The topological polar surface area (TPSA) is 85.6 Å². The first kappa shape index (κ1) is 24.4. The minimum atomic E-state index is -0.0157. The number of hydrogen-bond acceptors (Lipinski definition) is 5. The molecule has 166 valence electrons. The molecule has 0 spiro atoms. The zero-order chi connectivity index (χ0) is 20.6. The number of aliphatic imine (C=N–C) groups is 1. The molecule has 2 heterocycles. The Morgan fingerprint density at radius 1 is 1.33 bits per heavy atom. The molecule has 0 radical (unpaired) electrons. The van der Waals surface area contributed by atoms with Crippen LogP contribution in [0.25, 0.3) is 0 Å². The highest BCUT2D eigenvalue weighted by Gasteiger charge is 2.22. The molecule has 0 amide bonds. The molecule has 2 N–H and O–H groups in total. The minimum absolute atomic E-state index is 0. The van der Waals surface area contributed by atoms with Crippen LogP contribution in [-0.2, 0) is 24.3 Å². The van der Waals surface area contributed by atoms with Gasteiger partial charge in [0.05, 0.1) is 13.1 Å². The number of nitrogens with one attached hydrogen (secondary N) is 2. The summed E-state index contributed by atoms with van der Waals surface area (Å²) in [6.45, 7) is 8.76. The molecule has 1 aromatic carbocycles. The molecule has 2 unspecified atom stereocenters. The highest BCUT2D eigenvalue weighted by Crippen LogP contribution is 2.14. The lowest BCUT2D eigenvalue weighted by Gasteiger charge is -2.25. The number of fused-ring (bicyclic) bond motifs is 1. The summed E-state index contributed by atoms with van der Waals surface area (Å²) in [5.41, 5.74) is 1.22. The van der Waals surface area contributed by atoms with Crippen LogP contribution in [0, 0.1) is 6.92 Å². The first-order chi connectivity index (χ1) is 14.1. The summed E-state index contributed by atoms with van der Waals surface area (Å²) >= 11 is 0. The second-order valence-electron chi connectivity index (χ2n) is 7.40. The highest BCUT2D eigenvalue weighted by molar-refractivity contribution is 14.0. The van der Waals surface area contributed by atoms with Gasteiger partial charge in [-0.25, -0.2) is 14.7 Å². The zero-order valence-electron chi connectivity index (χ0n) is 18.2. The lowest BCUT2D eigenvalue weighted by atomic mass is 10.1. The van der Waals surface area contributed by atoms with E-state index in [1.54, 1.807) is 7.11 Å². The fourth-order valence-corrected chi connectivity index (χ4v) is 3.29. The van der Waals surface area contributed by atoms with Crippen molar-refractivity contribution in [3.8, 4) is 5.75 Å². The largest absolute Gasteiger partial charge is 0.489 e. The van der Waals surface area contributed by atoms with Crippen molar-refractivity contribution in [2.45, 2.75) is 58.9 Å². The van der Waals surface area contributed by atoms with Crippen molar-refractivity contribution in [2.75, 3.05) is 20.2 Å². The summed E-state index contributed by atoms with van der Waals surface area (Å²) in [7, 11) is 1.66. The van der Waals surface area contributed by atoms with E-state index in [0.29, 0.717) is 13.2 Å². The molecule has 0 fully saturated rings. The van der Waals surface area contributed by atoms with Crippen molar-refractivity contribution in [3.63, 3.8) is 0 Å². The molecule has 8 nitrogen and oxygen atoms in total. The molecule has 0 aliphatic carbocycles. The average Bonchev–Trinajstić information content (AvgIpc) is 3.10. The van der Waals surface area contributed by atoms with E-state index in [2.05, 4.69) is 46.7 Å². The number of benzene rings is 1. The first-order valence-corrected chi connectivity index (χ1v) is 10.3. The van der Waals surface area contributed by atoms with E-state index in [0.717, 1.165) is 49.3 Å². The SMILES string of the molecule is CCNC(=NCC(C)Oc1ccc(C)cc1)NC1CCc2nc(COC)nn2C1.I. The number of halogens is 1. The van der Waals surface area contributed by atoms with Crippen LogP contribution in [0.1, 0.15) is 37.5 Å². The van der Waals surface area contributed by atoms with Gasteiger partial charge in [0, 0.05) is 26.1 Å². The lowest BCUT2D eigenvalue weighted by molar-refractivity contribution is 0.177. The van der Waals surface area contributed by atoms with Gasteiger partial charge in [-0.15, -0.1) is 24.0 Å². The van der Waals surface area contributed by atoms with Gasteiger partial charge in [0.15, 0.2) is 11.8 Å². The quantitative estimate of drug-likeness (QED) is 0.312. The molecule has 9 heteroatoms. The predicted octanol–water partition coefficient (Wildman–Crippen LogP) is 2.69. The van der Waals surface area contributed by atoms with Crippen molar-refractivity contribution in [2.24, 2.45) is 4.99 Å². The molecule has 3 rings (SSSR count). The van der Waals surface area contributed by atoms with Gasteiger partial charge < -0.3 is 20.1 Å². The Balaban J connectivity index is 0.00000320. The van der Waals surface area contributed by atoms with E-state index in [1.807, 2.05) is 23.7 Å². The van der Waals surface area contributed by atoms with Crippen molar-refractivity contribution < 1.29 is 9.47 Å². The first-order valence-electron chi connectivity index (χ1n) is 10.3. The number of rotatable bonds is 8. The molecule has 1 aromatic heterocycles. The predicted molar refractivity (Wildman–Crippen MR) is 129 cm³/mol. The number of ether oxygens (including phenoxy) is 2. The minimum Gasteiger partial charge on any atom is -0.489 e. The van der Waals surface area contributed by atoms with Gasteiger partial charge >= 0.3 is 0 Å². The van der Waals surface area contributed by atoms with E-state index >= 15 is 0 Å². The van der Waals surface area contributed by atoms with Crippen LogP contribution in [0.3, 0.4) is 0 Å². The Kier molecular flexibility index (Phi) is 9.83. The molecule has 0 saturated carbocycles. The monoisotopic (exact) mass is 528 g/mol. The van der Waals surface area contributed by atoms with Crippen LogP contribution >= 0.6 is 24.0 Å². The van der Waals surface area contributed by atoms with E-state index < -0.39 is 0 Å². The van der Waals surface area contributed by atoms with Crippen molar-refractivity contribution in [3.05, 3.63) is 41.5 Å². The summed E-state index contributed by atoms with van der Waals surface area (Å²) in [5, 5.41) is 11.4. The number of aromatic nitrogens is 3. The molecule has 30 heavy (non-hydrogen) atoms. The van der Waals surface area contributed by atoms with Crippen LogP contribution in [0.2, 0.25) is 0 Å². The third-order valence-electron chi connectivity index (χ3n) is 4.73. The normalized spacial score (nSPS) is 16.9. The molecular weight excluding hydrogens is 495 g/mol. The van der Waals surface area contributed by atoms with E-state index in [-0.39, 0.29) is 36.1 Å². The summed E-state index contributed by atoms with van der Waals surface area (Å²) in [6.07, 6.45) is 1.86. The fraction of sp³-hybridized carbons (Fsp3) is 0.571. The molecule has 1 aliphatic heterocycles. The van der Waals surface area contributed by atoms with Crippen LogP contribution in [-0.4, -0.2) is 53.1 Å². The Morgan fingerprint density at radius 2 is 2.10 bits per heavy atom. The average molecular weight is 528 g/mol. The zero-order valence-corrected chi connectivity index (χ0v) is 20.6. The van der Waals surface area contributed by atoms with Crippen molar-refractivity contribution in [1.29, 1.82) is 0 Å². The van der Waals surface area contributed by atoms with Gasteiger partial charge in [0.2, 0.25) is 0 Å². The summed E-state index contributed by atoms with van der Waals surface area (Å²) < 4.78 is 13.1. The summed E-state index contributed by atoms with van der Waals surface area (Å²) in [5.74, 6) is 3.44. The van der Waals surface area contributed by atoms with E-state index in [4.69, 9.17) is 14.5 Å². The molecule has 1 aliphatic rings. The summed E-state index contributed by atoms with van der Waals surface area (Å²) in [4.78, 5) is 9.25. The second kappa shape index (κ2) is 12.1. The van der Waals surface area contributed by atoms with Gasteiger partial charge in [-0.3, -0.25) is 0 Å². The van der Waals surface area contributed by atoms with Crippen LogP contribution in [0.15, 0.2) is 29.3 Å². The third kappa shape index (κ3) is 7.12. The number of aryl methyl sites for hydroxylation is 2. The highest BCUT2D eigenvalue weighted by atomic mass is 127. The van der Waals surface area contributed by atoms with E-state index in [9.17, 15) is 0 Å². The smallest absolute Gasteiger partial charge is 0.191 e. The van der Waals surface area contributed by atoms with Crippen LogP contribution in [0.4, 0.5) is 0 Å². The maximum Gasteiger partial charge on any atom is 0.191 e.